The van der Waals surface area contributed by atoms with Crippen molar-refractivity contribution in [1.82, 2.24) is 4.90 Å². The summed E-state index contributed by atoms with van der Waals surface area (Å²) in [6, 6.07) is 9.69. The summed E-state index contributed by atoms with van der Waals surface area (Å²) in [7, 11) is 0. The molecule has 0 N–H and O–H groups in total. The zero-order valence-corrected chi connectivity index (χ0v) is 15.7. The summed E-state index contributed by atoms with van der Waals surface area (Å²) in [4.78, 5) is 14.0. The Balaban J connectivity index is 0.00000254. The summed E-state index contributed by atoms with van der Waals surface area (Å²) in [6.07, 6.45) is 3.26. The second-order valence-corrected chi connectivity index (χ2v) is 5.47. The van der Waals surface area contributed by atoms with Crippen LogP contribution >= 0.6 is 0 Å². The Morgan fingerprint density at radius 2 is 1.83 bits per heavy atom. The molecule has 3 heteroatoms. The molecule has 0 unspecified atom stereocenters. The Labute approximate surface area is 147 Å². The molecule has 0 saturated carbocycles. The molecule has 0 aliphatic carbocycles. The van der Waals surface area contributed by atoms with E-state index in [4.69, 9.17) is 4.74 Å². The smallest absolute Gasteiger partial charge is 0.410 e. The second kappa shape index (κ2) is 12.2. The minimum atomic E-state index is -0.324. The highest BCUT2D eigenvalue weighted by molar-refractivity contribution is 5.68. The molecular weight excluding hydrogens is 298 g/mol. The minimum Gasteiger partial charge on any atom is -0.445 e. The number of carbonyl (C=O) groups excluding carboxylic acids is 1. The van der Waals surface area contributed by atoms with E-state index in [0.717, 1.165) is 16.7 Å². The quantitative estimate of drug-likeness (QED) is 0.596. The fourth-order valence-corrected chi connectivity index (χ4v) is 1.92. The van der Waals surface area contributed by atoms with Crippen LogP contribution in [0, 0.1) is 0 Å². The van der Waals surface area contributed by atoms with Crippen molar-refractivity contribution in [1.29, 1.82) is 0 Å². The number of amides is 1. The van der Waals surface area contributed by atoms with E-state index in [-0.39, 0.29) is 18.7 Å². The molecule has 0 saturated heterocycles. The Morgan fingerprint density at radius 1 is 1.25 bits per heavy atom. The van der Waals surface area contributed by atoms with E-state index in [9.17, 15) is 4.79 Å². The summed E-state index contributed by atoms with van der Waals surface area (Å²) in [5.41, 5.74) is 2.86. The molecule has 1 rings (SSSR count). The third-order valence-electron chi connectivity index (χ3n) is 3.27. The van der Waals surface area contributed by atoms with Crippen molar-refractivity contribution in [2.24, 2.45) is 0 Å². The third-order valence-corrected chi connectivity index (χ3v) is 3.27. The van der Waals surface area contributed by atoms with Gasteiger partial charge in [0.05, 0.1) is 0 Å². The Bertz CT molecular complexity index is 544. The summed E-state index contributed by atoms with van der Waals surface area (Å²) in [5.74, 6) is 0. The lowest BCUT2D eigenvalue weighted by Gasteiger charge is -2.27. The van der Waals surface area contributed by atoms with Crippen LogP contribution in [0.25, 0.3) is 0 Å². The molecule has 0 aromatic heterocycles. The molecule has 1 aromatic carbocycles. The highest BCUT2D eigenvalue weighted by Crippen LogP contribution is 2.14. The lowest BCUT2D eigenvalue weighted by molar-refractivity contribution is 0.0897. The van der Waals surface area contributed by atoms with Gasteiger partial charge in [-0.05, 0) is 31.9 Å². The van der Waals surface area contributed by atoms with Crippen molar-refractivity contribution >= 4 is 6.09 Å². The highest BCUT2D eigenvalue weighted by atomic mass is 16.6. The zero-order valence-electron chi connectivity index (χ0n) is 15.7. The van der Waals surface area contributed by atoms with Crippen LogP contribution in [-0.4, -0.2) is 23.6 Å². The van der Waals surface area contributed by atoms with Gasteiger partial charge in [-0.1, -0.05) is 75.1 Å². The van der Waals surface area contributed by atoms with Crippen LogP contribution in [0.4, 0.5) is 4.79 Å². The van der Waals surface area contributed by atoms with Gasteiger partial charge in [0.2, 0.25) is 0 Å². The van der Waals surface area contributed by atoms with Crippen molar-refractivity contribution in [3.8, 4) is 0 Å². The van der Waals surface area contributed by atoms with E-state index in [1.807, 2.05) is 71.0 Å². The average Bonchev–Trinajstić information content (AvgIpc) is 2.58. The molecule has 24 heavy (non-hydrogen) atoms. The fraction of sp³-hybridized carbons (Fsp3) is 0.381. The SMILES string of the molecule is C=C/C=C(/CN(C(=O)OCc1ccccc1)C(C)C)C(=C)C.CC. The van der Waals surface area contributed by atoms with Crippen molar-refractivity contribution in [2.75, 3.05) is 6.54 Å². The number of nitrogens with zero attached hydrogens (tertiary/aromatic N) is 1. The van der Waals surface area contributed by atoms with Crippen molar-refractivity contribution < 1.29 is 9.53 Å². The van der Waals surface area contributed by atoms with Gasteiger partial charge in [-0.3, -0.25) is 0 Å². The third kappa shape index (κ3) is 7.82. The monoisotopic (exact) mass is 329 g/mol. The molecule has 0 atom stereocenters. The van der Waals surface area contributed by atoms with E-state index in [1.165, 1.54) is 0 Å². The number of hydrogen-bond acceptors (Lipinski definition) is 2. The first-order valence-electron chi connectivity index (χ1n) is 8.40. The number of carbonyl (C=O) groups is 1. The average molecular weight is 329 g/mol. The standard InChI is InChI=1S/C19H25NO2.C2H6/c1-6-10-18(15(2)3)13-20(16(4)5)19(21)22-14-17-11-8-7-9-12-17;1-2/h6-12,16H,1-2,13-14H2,3-5H3;1-2H3/b18-10-;. The molecule has 0 spiro atoms. The van der Waals surface area contributed by atoms with Crippen LogP contribution in [-0.2, 0) is 11.3 Å². The van der Waals surface area contributed by atoms with Crippen LogP contribution in [0.2, 0.25) is 0 Å². The van der Waals surface area contributed by atoms with Gasteiger partial charge >= 0.3 is 6.09 Å². The topological polar surface area (TPSA) is 29.5 Å². The number of rotatable bonds is 7. The second-order valence-electron chi connectivity index (χ2n) is 5.47. The van der Waals surface area contributed by atoms with Gasteiger partial charge in [-0.15, -0.1) is 0 Å². The fourth-order valence-electron chi connectivity index (χ4n) is 1.92. The van der Waals surface area contributed by atoms with Crippen molar-refractivity contribution in [3.05, 3.63) is 72.4 Å². The predicted molar refractivity (Wildman–Crippen MR) is 103 cm³/mol. The number of benzene rings is 1. The van der Waals surface area contributed by atoms with E-state index in [2.05, 4.69) is 13.2 Å². The van der Waals surface area contributed by atoms with E-state index >= 15 is 0 Å². The van der Waals surface area contributed by atoms with Gasteiger partial charge in [0.15, 0.2) is 0 Å². The van der Waals surface area contributed by atoms with Gasteiger partial charge in [-0.25, -0.2) is 4.79 Å². The summed E-state index contributed by atoms with van der Waals surface area (Å²) in [5, 5.41) is 0. The van der Waals surface area contributed by atoms with Crippen LogP contribution in [0.5, 0.6) is 0 Å². The molecule has 1 amide bonds. The van der Waals surface area contributed by atoms with Gasteiger partial charge < -0.3 is 9.64 Å². The van der Waals surface area contributed by atoms with Crippen molar-refractivity contribution in [2.45, 2.75) is 47.3 Å². The largest absolute Gasteiger partial charge is 0.445 e. The minimum absolute atomic E-state index is 0.0378. The van der Waals surface area contributed by atoms with Gasteiger partial charge in [-0.2, -0.15) is 0 Å². The first kappa shape index (κ1) is 21.7. The number of hydrogen-bond donors (Lipinski definition) is 0. The first-order valence-corrected chi connectivity index (χ1v) is 8.40. The Kier molecular flexibility index (Phi) is 11.0. The predicted octanol–water partition coefficient (Wildman–Crippen LogP) is 5.75. The maximum atomic E-state index is 12.3. The molecule has 0 radical (unpaired) electrons. The van der Waals surface area contributed by atoms with Gasteiger partial charge in [0, 0.05) is 12.6 Å². The van der Waals surface area contributed by atoms with Gasteiger partial charge in [0.25, 0.3) is 0 Å². The maximum Gasteiger partial charge on any atom is 0.410 e. The highest BCUT2D eigenvalue weighted by Gasteiger charge is 2.20. The van der Waals surface area contributed by atoms with Crippen LogP contribution in [0.1, 0.15) is 40.2 Å². The van der Waals surface area contributed by atoms with Crippen LogP contribution in [0.15, 0.2) is 66.8 Å². The Morgan fingerprint density at radius 3 is 2.29 bits per heavy atom. The summed E-state index contributed by atoms with van der Waals surface area (Å²) >= 11 is 0. The molecule has 0 bridgehead atoms. The van der Waals surface area contributed by atoms with Crippen LogP contribution < -0.4 is 0 Å². The lowest BCUT2D eigenvalue weighted by Crippen LogP contribution is -2.38. The summed E-state index contributed by atoms with van der Waals surface area (Å²) < 4.78 is 5.41. The van der Waals surface area contributed by atoms with Crippen LogP contribution in [0.3, 0.4) is 0 Å². The zero-order chi connectivity index (χ0) is 18.5. The normalized spacial score (nSPS) is 10.5. The van der Waals surface area contributed by atoms with Gasteiger partial charge in [0.1, 0.15) is 6.61 Å². The number of allylic oxidation sites excluding steroid dienone is 2. The Hall–Kier alpha value is -2.29. The van der Waals surface area contributed by atoms with E-state index < -0.39 is 0 Å². The van der Waals surface area contributed by atoms with Crippen molar-refractivity contribution in [3.63, 3.8) is 0 Å². The lowest BCUT2D eigenvalue weighted by atomic mass is 10.1. The van der Waals surface area contributed by atoms with E-state index in [1.54, 1.807) is 11.0 Å². The first-order chi connectivity index (χ1) is 11.5. The number of ether oxygens (including phenoxy) is 1. The van der Waals surface area contributed by atoms with E-state index in [0.29, 0.717) is 6.54 Å². The molecule has 0 aliphatic heterocycles. The molecule has 0 aliphatic rings. The molecule has 3 nitrogen and oxygen atoms in total. The molecule has 0 fully saturated rings. The molecule has 0 heterocycles. The molecule has 1 aromatic rings. The molecule has 132 valence electrons. The maximum absolute atomic E-state index is 12.3. The molecular formula is C21H31NO2. The summed E-state index contributed by atoms with van der Waals surface area (Å²) in [6.45, 7) is 18.2.